The van der Waals surface area contributed by atoms with Gasteiger partial charge in [0.2, 0.25) is 5.91 Å². The monoisotopic (exact) mass is 369 g/mol. The van der Waals surface area contributed by atoms with Crippen LogP contribution in [0.5, 0.6) is 11.5 Å². The molecule has 0 fully saturated rings. The second-order valence-corrected chi connectivity index (χ2v) is 6.39. The van der Waals surface area contributed by atoms with Gasteiger partial charge in [-0.3, -0.25) is 4.79 Å². The number of urea groups is 1. The number of ether oxygens (including phenoxy) is 2. The largest absolute Gasteiger partial charge is 0.490 e. The zero-order valence-corrected chi connectivity index (χ0v) is 15.4. The number of likely N-dealkylation sites (N-methyl/N-ethyl adjacent to an activating group) is 1. The molecule has 2 N–H and O–H groups in total. The maximum absolute atomic E-state index is 12.5. The van der Waals surface area contributed by atoms with Gasteiger partial charge in [0.15, 0.2) is 11.5 Å². The molecule has 3 rings (SSSR count). The molecule has 0 bridgehead atoms. The smallest absolute Gasteiger partial charge is 0.320 e. The first-order valence-corrected chi connectivity index (χ1v) is 8.78. The molecule has 7 heteroatoms. The molecule has 2 aromatic rings. The number of hydrogen-bond donors (Lipinski definition) is 2. The lowest BCUT2D eigenvalue weighted by atomic mass is 10.1. The van der Waals surface area contributed by atoms with E-state index >= 15 is 0 Å². The molecule has 0 radical (unpaired) electrons. The molecule has 0 saturated carbocycles. The fraction of sp³-hybridized carbons (Fsp3) is 0.300. The first kappa shape index (κ1) is 18.6. The molecule has 27 heavy (non-hydrogen) atoms. The van der Waals surface area contributed by atoms with Crippen molar-refractivity contribution in [3.63, 3.8) is 0 Å². The lowest BCUT2D eigenvalue weighted by Gasteiger charge is -2.22. The van der Waals surface area contributed by atoms with E-state index < -0.39 is 12.1 Å². The van der Waals surface area contributed by atoms with Crippen molar-refractivity contribution in [1.82, 2.24) is 10.2 Å². The number of anilines is 1. The van der Waals surface area contributed by atoms with Gasteiger partial charge < -0.3 is 25.0 Å². The fourth-order valence-corrected chi connectivity index (χ4v) is 2.73. The van der Waals surface area contributed by atoms with Gasteiger partial charge in [-0.05, 0) is 17.7 Å². The number of benzene rings is 2. The lowest BCUT2D eigenvalue weighted by Crippen LogP contribution is -2.41. The van der Waals surface area contributed by atoms with E-state index in [4.69, 9.17) is 9.47 Å². The van der Waals surface area contributed by atoms with Crippen LogP contribution in [0, 0.1) is 0 Å². The van der Waals surface area contributed by atoms with Gasteiger partial charge in [0.25, 0.3) is 0 Å². The molecule has 1 aliphatic rings. The molecule has 3 amide bonds. The quantitative estimate of drug-likeness (QED) is 0.869. The molecule has 2 aromatic carbocycles. The SMILES string of the molecule is CN(C)C(=O)[C@@H](NC(=O)Nc1ccc2c(c1)OCCCO2)c1ccccc1. The molecular formula is C20H23N3O4. The Balaban J connectivity index is 1.73. The molecule has 0 unspecified atom stereocenters. The number of nitrogens with zero attached hydrogens (tertiary/aromatic N) is 1. The van der Waals surface area contributed by atoms with Gasteiger partial charge in [-0.15, -0.1) is 0 Å². The van der Waals surface area contributed by atoms with Crippen LogP contribution < -0.4 is 20.1 Å². The van der Waals surface area contributed by atoms with E-state index in [1.807, 2.05) is 18.2 Å². The Kier molecular flexibility index (Phi) is 5.80. The average molecular weight is 369 g/mol. The summed E-state index contributed by atoms with van der Waals surface area (Å²) in [5, 5.41) is 5.49. The van der Waals surface area contributed by atoms with Crippen LogP contribution in [0.25, 0.3) is 0 Å². The summed E-state index contributed by atoms with van der Waals surface area (Å²) in [7, 11) is 3.31. The molecule has 142 valence electrons. The fourth-order valence-electron chi connectivity index (χ4n) is 2.73. The number of carbonyl (C=O) groups excluding carboxylic acids is 2. The van der Waals surface area contributed by atoms with Crippen molar-refractivity contribution in [2.24, 2.45) is 0 Å². The number of rotatable bonds is 4. The molecule has 1 atom stereocenters. The first-order chi connectivity index (χ1) is 13.0. The summed E-state index contributed by atoms with van der Waals surface area (Å²) >= 11 is 0. The predicted octanol–water partition coefficient (Wildman–Crippen LogP) is 2.80. The molecule has 1 heterocycles. The van der Waals surface area contributed by atoms with Crippen molar-refractivity contribution in [2.75, 3.05) is 32.6 Å². The van der Waals surface area contributed by atoms with E-state index in [9.17, 15) is 9.59 Å². The summed E-state index contributed by atoms with van der Waals surface area (Å²) in [6.07, 6.45) is 0.809. The van der Waals surface area contributed by atoms with Crippen molar-refractivity contribution in [2.45, 2.75) is 12.5 Å². The topological polar surface area (TPSA) is 79.9 Å². The predicted molar refractivity (Wildman–Crippen MR) is 102 cm³/mol. The molecule has 7 nitrogen and oxygen atoms in total. The van der Waals surface area contributed by atoms with Crippen molar-refractivity contribution in [3.8, 4) is 11.5 Å². The second kappa shape index (κ2) is 8.44. The van der Waals surface area contributed by atoms with Crippen LogP contribution in [0.4, 0.5) is 10.5 Å². The van der Waals surface area contributed by atoms with Crippen molar-refractivity contribution >= 4 is 17.6 Å². The molecule has 1 aliphatic heterocycles. The van der Waals surface area contributed by atoms with Crippen LogP contribution in [0.1, 0.15) is 18.0 Å². The summed E-state index contributed by atoms with van der Waals surface area (Å²) in [6, 6.07) is 13.1. The molecule has 0 aliphatic carbocycles. The standard InChI is InChI=1S/C20H23N3O4/c1-23(2)19(24)18(14-7-4-3-5-8-14)22-20(25)21-15-9-10-16-17(13-15)27-12-6-11-26-16/h3-5,7-10,13,18H,6,11-12H2,1-2H3,(H2,21,22,25)/t18-/m0/s1. The van der Waals surface area contributed by atoms with Gasteiger partial charge in [0, 0.05) is 32.3 Å². The first-order valence-electron chi connectivity index (χ1n) is 8.78. The highest BCUT2D eigenvalue weighted by molar-refractivity contribution is 5.94. The highest BCUT2D eigenvalue weighted by Gasteiger charge is 2.24. The highest BCUT2D eigenvalue weighted by atomic mass is 16.5. The zero-order valence-electron chi connectivity index (χ0n) is 15.4. The summed E-state index contributed by atoms with van der Waals surface area (Å²) < 4.78 is 11.2. The van der Waals surface area contributed by atoms with E-state index in [1.54, 1.807) is 44.4 Å². The Morgan fingerprint density at radius 1 is 1.00 bits per heavy atom. The Labute approximate surface area is 158 Å². The number of nitrogens with one attached hydrogen (secondary N) is 2. The van der Waals surface area contributed by atoms with Crippen LogP contribution in [-0.2, 0) is 4.79 Å². The van der Waals surface area contributed by atoms with E-state index in [0.717, 1.165) is 6.42 Å². The third-order valence-electron chi connectivity index (χ3n) is 4.10. The third-order valence-corrected chi connectivity index (χ3v) is 4.10. The zero-order chi connectivity index (χ0) is 19.2. The Hall–Kier alpha value is -3.22. The van der Waals surface area contributed by atoms with Gasteiger partial charge in [0.1, 0.15) is 6.04 Å². The van der Waals surface area contributed by atoms with Crippen LogP contribution in [0.3, 0.4) is 0 Å². The Bertz CT molecular complexity index is 808. The summed E-state index contributed by atoms with van der Waals surface area (Å²) in [5.74, 6) is 1.03. The van der Waals surface area contributed by atoms with E-state index in [0.29, 0.717) is 36.0 Å². The van der Waals surface area contributed by atoms with Crippen molar-refractivity contribution in [1.29, 1.82) is 0 Å². The maximum atomic E-state index is 12.5. The van der Waals surface area contributed by atoms with Crippen LogP contribution in [-0.4, -0.2) is 44.1 Å². The van der Waals surface area contributed by atoms with Gasteiger partial charge in [-0.25, -0.2) is 4.79 Å². The minimum absolute atomic E-state index is 0.213. The van der Waals surface area contributed by atoms with E-state index in [2.05, 4.69) is 10.6 Å². The molecular weight excluding hydrogens is 346 g/mol. The average Bonchev–Trinajstić information content (AvgIpc) is 2.91. The Morgan fingerprint density at radius 3 is 2.41 bits per heavy atom. The van der Waals surface area contributed by atoms with Gasteiger partial charge >= 0.3 is 6.03 Å². The minimum Gasteiger partial charge on any atom is -0.490 e. The normalized spacial score (nSPS) is 13.9. The van der Waals surface area contributed by atoms with Gasteiger partial charge in [0.05, 0.1) is 13.2 Å². The molecule has 0 aromatic heterocycles. The highest BCUT2D eigenvalue weighted by Crippen LogP contribution is 2.32. The van der Waals surface area contributed by atoms with Crippen LogP contribution in [0.2, 0.25) is 0 Å². The minimum atomic E-state index is -0.776. The van der Waals surface area contributed by atoms with E-state index in [1.165, 1.54) is 4.90 Å². The lowest BCUT2D eigenvalue weighted by molar-refractivity contribution is -0.130. The van der Waals surface area contributed by atoms with Gasteiger partial charge in [-0.1, -0.05) is 30.3 Å². The van der Waals surface area contributed by atoms with Crippen LogP contribution >= 0.6 is 0 Å². The van der Waals surface area contributed by atoms with Crippen LogP contribution in [0.15, 0.2) is 48.5 Å². The number of carbonyl (C=O) groups is 2. The number of amides is 3. The van der Waals surface area contributed by atoms with Crippen molar-refractivity contribution < 1.29 is 19.1 Å². The second-order valence-electron chi connectivity index (χ2n) is 6.39. The molecule has 0 saturated heterocycles. The summed E-state index contributed by atoms with van der Waals surface area (Å²) in [4.78, 5) is 26.5. The maximum Gasteiger partial charge on any atom is 0.320 e. The third kappa shape index (κ3) is 4.69. The van der Waals surface area contributed by atoms with E-state index in [-0.39, 0.29) is 5.91 Å². The molecule has 0 spiro atoms. The summed E-state index contributed by atoms with van der Waals surface area (Å²) in [5.41, 5.74) is 1.27. The summed E-state index contributed by atoms with van der Waals surface area (Å²) in [6.45, 7) is 1.17. The number of fused-ring (bicyclic) bond motifs is 1. The van der Waals surface area contributed by atoms with Crippen molar-refractivity contribution in [3.05, 3.63) is 54.1 Å². The number of hydrogen-bond acceptors (Lipinski definition) is 4. The van der Waals surface area contributed by atoms with Gasteiger partial charge in [-0.2, -0.15) is 0 Å². The Morgan fingerprint density at radius 2 is 1.70 bits per heavy atom.